The van der Waals surface area contributed by atoms with Gasteiger partial charge in [-0.15, -0.1) is 0 Å². The van der Waals surface area contributed by atoms with Crippen molar-refractivity contribution in [3.63, 3.8) is 0 Å². The van der Waals surface area contributed by atoms with E-state index in [1.165, 1.54) is 44.2 Å². The van der Waals surface area contributed by atoms with Crippen molar-refractivity contribution in [3.8, 4) is 0 Å². The summed E-state index contributed by atoms with van der Waals surface area (Å²) in [5, 5.41) is 10.7. The van der Waals surface area contributed by atoms with Crippen LogP contribution in [0.3, 0.4) is 0 Å². The van der Waals surface area contributed by atoms with Crippen LogP contribution in [0.2, 0.25) is 0 Å². The SMILES string of the molecule is [2H]C1O[C@@]2([2H])OCC[C@@]2([2H])[C@H]1N(C(=O)O)[C@@]([2H])(Cc1ccccc1)[C@@H](CN(C([2H])([2H])C(C)C)S(=O)(=O)c1ccc(N)cc1)OC(=O)C(F)(F)F. The van der Waals surface area contributed by atoms with E-state index >= 15 is 0 Å². The van der Waals surface area contributed by atoms with Crippen LogP contribution < -0.4 is 5.73 Å². The van der Waals surface area contributed by atoms with Gasteiger partial charge in [0.05, 0.1) is 40.8 Å². The van der Waals surface area contributed by atoms with Gasteiger partial charge in [-0.3, -0.25) is 4.90 Å². The third-order valence-electron chi connectivity index (χ3n) is 6.60. The topological polar surface area (TPSA) is 149 Å². The predicted octanol–water partition coefficient (Wildman–Crippen LogP) is 3.74. The minimum Gasteiger partial charge on any atom is -0.465 e. The lowest BCUT2D eigenvalue weighted by molar-refractivity contribution is -0.208. The van der Waals surface area contributed by atoms with E-state index in [1.807, 2.05) is 0 Å². The molecule has 0 aliphatic carbocycles. The Balaban J connectivity index is 2.02. The predicted molar refractivity (Wildman–Crippen MR) is 152 cm³/mol. The van der Waals surface area contributed by atoms with Gasteiger partial charge in [-0.05, 0) is 48.6 Å². The second kappa shape index (κ2) is 13.7. The van der Waals surface area contributed by atoms with Crippen LogP contribution in [-0.4, -0.2) is 91.6 Å². The fourth-order valence-corrected chi connectivity index (χ4v) is 6.08. The minimum atomic E-state index is -5.77. The first kappa shape index (κ1) is 25.9. The summed E-state index contributed by atoms with van der Waals surface area (Å²) < 4.78 is 139. The van der Waals surface area contributed by atoms with Crippen LogP contribution >= 0.6 is 0 Å². The van der Waals surface area contributed by atoms with E-state index in [0.717, 1.165) is 24.3 Å². The van der Waals surface area contributed by atoms with E-state index in [9.17, 15) is 37.7 Å². The second-order valence-electron chi connectivity index (χ2n) is 10.2. The standard InChI is InChI=1S/C29H36F3N3O8S/c1-18(2)15-34(44(39,40)21-10-8-20(33)9-11-21)16-25(43-27(36)29(30,31)32)23(14-19-6-4-3-5-7-19)35(28(37)38)24-17-42-26-22(24)12-13-41-26/h3-11,18,22-26H,12-17,33H2,1-2H3,(H,37,38)/t22-,23-,24-,25+,26+/m0/s1/i15D2,17D,22D,23D,26D/t17?,22-,23-,24-,25+,26+. The van der Waals surface area contributed by atoms with E-state index in [2.05, 4.69) is 0 Å². The van der Waals surface area contributed by atoms with E-state index in [1.54, 1.807) is 0 Å². The largest absolute Gasteiger partial charge is 0.490 e. The summed E-state index contributed by atoms with van der Waals surface area (Å²) in [7, 11) is -5.10. The zero-order chi connectivity index (χ0) is 37.7. The van der Waals surface area contributed by atoms with E-state index in [4.69, 9.17) is 26.8 Å². The quantitative estimate of drug-likeness (QED) is 0.259. The van der Waals surface area contributed by atoms with Crippen molar-refractivity contribution in [2.75, 3.05) is 32.0 Å². The van der Waals surface area contributed by atoms with Crippen molar-refractivity contribution < 1.29 is 58.7 Å². The van der Waals surface area contributed by atoms with Crippen molar-refractivity contribution in [2.24, 2.45) is 11.8 Å². The summed E-state index contributed by atoms with van der Waals surface area (Å²) in [6.07, 6.45) is -14.7. The summed E-state index contributed by atoms with van der Waals surface area (Å²) in [5.74, 6) is -6.65. The van der Waals surface area contributed by atoms with Gasteiger partial charge in [0.25, 0.3) is 0 Å². The molecule has 2 aliphatic rings. The number of nitrogens with two attached hydrogens (primary N) is 1. The number of amides is 1. The molecule has 2 fully saturated rings. The summed E-state index contributed by atoms with van der Waals surface area (Å²) in [6, 6.07) is 5.97. The van der Waals surface area contributed by atoms with Crippen LogP contribution in [0, 0.1) is 11.8 Å². The maximum absolute atomic E-state index is 14.1. The molecule has 3 N–H and O–H groups in total. The number of carboxylic acid groups (broad SMARTS) is 1. The van der Waals surface area contributed by atoms with E-state index < -0.39 is 102 Å². The van der Waals surface area contributed by atoms with Gasteiger partial charge in [0.15, 0.2) is 6.27 Å². The Morgan fingerprint density at radius 1 is 1.20 bits per heavy atom. The number of benzene rings is 2. The Morgan fingerprint density at radius 3 is 2.45 bits per heavy atom. The first-order valence-corrected chi connectivity index (χ1v) is 14.8. The molecule has 11 nitrogen and oxygen atoms in total. The van der Waals surface area contributed by atoms with Crippen molar-refractivity contribution in [2.45, 2.75) is 62.2 Å². The van der Waals surface area contributed by atoms with Crippen LogP contribution in [0.5, 0.6) is 0 Å². The minimum absolute atomic E-state index is 0.0564. The second-order valence-corrected chi connectivity index (χ2v) is 12.1. The fraction of sp³-hybridized carbons (Fsp3) is 0.517. The lowest BCUT2D eigenvalue weighted by Gasteiger charge is -2.41. The number of nitrogens with zero attached hydrogens (tertiary/aromatic N) is 2. The normalized spacial score (nSPS) is 29.7. The molecule has 2 aromatic carbocycles. The Hall–Kier alpha value is -3.40. The molecular formula is C29H36F3N3O8S. The summed E-state index contributed by atoms with van der Waals surface area (Å²) in [4.78, 5) is 25.3. The first-order chi connectivity index (χ1) is 22.9. The van der Waals surface area contributed by atoms with Gasteiger partial charge in [0, 0.05) is 22.2 Å². The van der Waals surface area contributed by atoms with Gasteiger partial charge in [-0.25, -0.2) is 18.0 Å². The number of anilines is 1. The molecule has 0 saturated carbocycles. The number of sulfonamides is 1. The van der Waals surface area contributed by atoms with Gasteiger partial charge in [0.1, 0.15) is 6.10 Å². The van der Waals surface area contributed by atoms with Crippen LogP contribution in [0.15, 0.2) is 59.5 Å². The number of esters is 1. The van der Waals surface area contributed by atoms with Gasteiger partial charge >= 0.3 is 18.2 Å². The van der Waals surface area contributed by atoms with Crippen molar-refractivity contribution in [1.29, 1.82) is 0 Å². The smallest absolute Gasteiger partial charge is 0.465 e. The number of hydrogen-bond acceptors (Lipinski definition) is 8. The average molecular weight is 650 g/mol. The molecule has 2 aliphatic heterocycles. The maximum Gasteiger partial charge on any atom is 0.490 e. The van der Waals surface area contributed by atoms with E-state index in [0.29, 0.717) is 0 Å². The van der Waals surface area contributed by atoms with Crippen LogP contribution in [-0.2, 0) is 35.4 Å². The molecule has 2 saturated heterocycles. The highest BCUT2D eigenvalue weighted by molar-refractivity contribution is 7.89. The van der Waals surface area contributed by atoms with Gasteiger partial charge in [-0.2, -0.15) is 17.5 Å². The Morgan fingerprint density at radius 2 is 1.86 bits per heavy atom. The zero-order valence-corrected chi connectivity index (χ0v) is 24.5. The third kappa shape index (κ3) is 7.81. The molecule has 2 heterocycles. The molecule has 0 aromatic heterocycles. The number of ether oxygens (including phenoxy) is 3. The zero-order valence-electron chi connectivity index (χ0n) is 29.7. The monoisotopic (exact) mass is 649 g/mol. The molecule has 4 rings (SSSR count). The summed E-state index contributed by atoms with van der Waals surface area (Å²) in [5.41, 5.74) is 5.85. The first-order valence-electron chi connectivity index (χ1n) is 16.5. The van der Waals surface area contributed by atoms with Crippen LogP contribution in [0.25, 0.3) is 0 Å². The lowest BCUT2D eigenvalue weighted by atomic mass is 9.93. The fourth-order valence-electron chi connectivity index (χ4n) is 4.66. The highest BCUT2D eigenvalue weighted by atomic mass is 32.2. The highest BCUT2D eigenvalue weighted by Crippen LogP contribution is 2.37. The van der Waals surface area contributed by atoms with Crippen molar-refractivity contribution in [1.82, 2.24) is 9.21 Å². The number of hydrogen-bond donors (Lipinski definition) is 2. The van der Waals surface area contributed by atoms with Crippen LogP contribution in [0.4, 0.5) is 23.7 Å². The van der Waals surface area contributed by atoms with Crippen molar-refractivity contribution >= 4 is 27.8 Å². The lowest BCUT2D eigenvalue weighted by Crippen LogP contribution is -2.59. The summed E-state index contributed by atoms with van der Waals surface area (Å²) in [6.45, 7) is -4.51. The maximum atomic E-state index is 14.1. The number of halogens is 3. The van der Waals surface area contributed by atoms with Crippen LogP contribution in [0.1, 0.15) is 34.1 Å². The Bertz CT molecular complexity index is 1680. The van der Waals surface area contributed by atoms with Crippen molar-refractivity contribution in [3.05, 3.63) is 60.2 Å². The molecule has 44 heavy (non-hydrogen) atoms. The molecular weight excluding hydrogens is 607 g/mol. The number of fused-ring (bicyclic) bond motifs is 1. The number of carbonyl (C=O) groups is 2. The number of nitrogen functional groups attached to an aromatic ring is 1. The molecule has 242 valence electrons. The average Bonchev–Trinajstić information content (AvgIpc) is 3.39. The third-order valence-corrected chi connectivity index (χ3v) is 8.31. The molecule has 2 aromatic rings. The van der Waals surface area contributed by atoms with Gasteiger partial charge in [-0.1, -0.05) is 44.2 Å². The number of alkyl halides is 3. The highest BCUT2D eigenvalue weighted by Gasteiger charge is 2.51. The van der Waals surface area contributed by atoms with E-state index in [-0.39, 0.29) is 27.1 Å². The number of rotatable bonds is 12. The molecule has 15 heteroatoms. The molecule has 1 unspecified atom stereocenters. The Labute approximate surface area is 262 Å². The summed E-state index contributed by atoms with van der Waals surface area (Å²) >= 11 is 0. The molecule has 0 spiro atoms. The molecule has 1 amide bonds. The van der Waals surface area contributed by atoms with Gasteiger partial charge < -0.3 is 25.1 Å². The number of carbonyl (C=O) groups excluding carboxylic acids is 1. The Kier molecular flexibility index (Phi) is 8.06. The molecule has 6 atom stereocenters. The molecule has 0 bridgehead atoms. The van der Waals surface area contributed by atoms with Gasteiger partial charge in [0.2, 0.25) is 10.0 Å². The molecule has 0 radical (unpaired) electrons.